The molecule has 7 aromatic rings. The van der Waals surface area contributed by atoms with Crippen LogP contribution in [0.5, 0.6) is 0 Å². The van der Waals surface area contributed by atoms with E-state index in [9.17, 15) is 25.9 Å². The second-order valence-electron chi connectivity index (χ2n) is 12.9. The first-order valence-electron chi connectivity index (χ1n) is 17.6. The SMILES string of the molecule is CCN(Cc1cccc(S(=O)(=O)O)c1)c1ccc2nc3c4ccccc4c(Nc4ccc(N(CC)CC)c(S(=O)(=O)O)c4)cc3[n+](-c3ccccc3)c2c1. The van der Waals surface area contributed by atoms with Crippen LogP contribution in [-0.2, 0) is 26.8 Å². The largest absolute Gasteiger partial charge is 0.371 e. The zero-order chi connectivity index (χ0) is 38.2. The number of rotatable bonds is 12. The van der Waals surface area contributed by atoms with Crippen LogP contribution in [0, 0.1) is 0 Å². The molecule has 6 aromatic carbocycles. The third-order valence-corrected chi connectivity index (χ3v) is 11.4. The van der Waals surface area contributed by atoms with Gasteiger partial charge >= 0.3 is 0 Å². The highest BCUT2D eigenvalue weighted by molar-refractivity contribution is 7.86. The summed E-state index contributed by atoms with van der Waals surface area (Å²) in [4.78, 5) is 8.87. The number of para-hydroxylation sites is 1. The summed E-state index contributed by atoms with van der Waals surface area (Å²) in [5.74, 6) is 0. The Labute approximate surface area is 314 Å². The summed E-state index contributed by atoms with van der Waals surface area (Å²) in [5, 5.41) is 5.22. The van der Waals surface area contributed by atoms with Crippen molar-refractivity contribution in [3.8, 4) is 5.69 Å². The maximum atomic E-state index is 12.6. The van der Waals surface area contributed by atoms with E-state index in [1.807, 2.05) is 111 Å². The van der Waals surface area contributed by atoms with E-state index in [2.05, 4.69) is 20.9 Å². The lowest BCUT2D eigenvalue weighted by Crippen LogP contribution is -2.33. The molecule has 7 rings (SSSR count). The van der Waals surface area contributed by atoms with Crippen molar-refractivity contribution in [1.29, 1.82) is 0 Å². The molecule has 0 spiro atoms. The van der Waals surface area contributed by atoms with E-state index in [0.717, 1.165) is 49.8 Å². The van der Waals surface area contributed by atoms with Crippen LogP contribution in [0.4, 0.5) is 22.7 Å². The van der Waals surface area contributed by atoms with E-state index in [-0.39, 0.29) is 9.79 Å². The van der Waals surface area contributed by atoms with Crippen molar-refractivity contribution in [1.82, 2.24) is 4.98 Å². The number of hydrogen-bond acceptors (Lipinski definition) is 8. The number of nitrogens with one attached hydrogen (secondary N) is 1. The minimum atomic E-state index is -4.54. The van der Waals surface area contributed by atoms with Crippen molar-refractivity contribution in [2.24, 2.45) is 0 Å². The molecule has 0 saturated carbocycles. The number of anilines is 4. The molecule has 13 heteroatoms. The van der Waals surface area contributed by atoms with Gasteiger partial charge in [0.05, 0.1) is 16.3 Å². The second kappa shape index (κ2) is 14.7. The maximum Gasteiger partial charge on any atom is 0.296 e. The summed E-state index contributed by atoms with van der Waals surface area (Å²) >= 11 is 0. The average Bonchev–Trinajstić information content (AvgIpc) is 3.16. The lowest BCUT2D eigenvalue weighted by Gasteiger charge is -2.24. The average molecular weight is 763 g/mol. The summed E-state index contributed by atoms with van der Waals surface area (Å²) in [7, 11) is -8.89. The topological polar surface area (TPSA) is 144 Å². The molecule has 0 fully saturated rings. The third kappa shape index (κ3) is 7.18. The fraction of sp³-hybridized carbons (Fsp3) is 0.171. The van der Waals surface area contributed by atoms with Gasteiger partial charge in [0.15, 0.2) is 0 Å². The lowest BCUT2D eigenvalue weighted by molar-refractivity contribution is -0.538. The molecule has 0 aliphatic heterocycles. The molecule has 276 valence electrons. The zero-order valence-electron chi connectivity index (χ0n) is 30.0. The number of nitrogens with zero attached hydrogens (tertiary/aromatic N) is 4. The smallest absolute Gasteiger partial charge is 0.296 e. The van der Waals surface area contributed by atoms with Gasteiger partial charge in [0, 0.05) is 72.6 Å². The highest BCUT2D eigenvalue weighted by Crippen LogP contribution is 2.36. The molecule has 1 aromatic heterocycles. The Hall–Kier alpha value is -5.60. The van der Waals surface area contributed by atoms with Crippen molar-refractivity contribution in [2.75, 3.05) is 34.8 Å². The van der Waals surface area contributed by atoms with Crippen LogP contribution in [0.15, 0.2) is 131 Å². The van der Waals surface area contributed by atoms with Crippen molar-refractivity contribution >= 4 is 75.8 Å². The van der Waals surface area contributed by atoms with Crippen molar-refractivity contribution in [3.63, 3.8) is 0 Å². The highest BCUT2D eigenvalue weighted by atomic mass is 32.2. The van der Waals surface area contributed by atoms with Gasteiger partial charge in [-0.05, 0) is 68.8 Å². The van der Waals surface area contributed by atoms with E-state index in [1.54, 1.807) is 12.1 Å². The molecular formula is C41H40N5O6S2+. The molecular weight excluding hydrogens is 723 g/mol. The molecule has 3 N–H and O–H groups in total. The van der Waals surface area contributed by atoms with Gasteiger partial charge in [-0.25, -0.2) is 4.98 Å². The molecule has 1 heterocycles. The first-order chi connectivity index (χ1) is 25.9. The standard InChI is InChI=1S/C41H39N5O6S2/c1-4-44(5-2)37-22-19-29(24-40(37)54(50,51)52)42-36-26-39-41(34-18-11-10-17-33(34)36)43-35-21-20-31(25-38(35)46(39)30-14-8-7-9-15-30)45(6-3)27-28-13-12-16-32(23-28)53(47,48)49/h7-26H,4-6,27H2,1-3H3,(H2,47,48,49,50,51,52)/p+1. The van der Waals surface area contributed by atoms with Gasteiger partial charge in [0.1, 0.15) is 15.9 Å². The fourth-order valence-electron chi connectivity index (χ4n) is 7.01. The van der Waals surface area contributed by atoms with Gasteiger partial charge in [-0.3, -0.25) is 9.11 Å². The molecule has 0 saturated heterocycles. The summed E-state index contributed by atoms with van der Waals surface area (Å²) in [6.07, 6.45) is 0. The fourth-order valence-corrected chi connectivity index (χ4v) is 8.30. The van der Waals surface area contributed by atoms with Crippen LogP contribution in [0.3, 0.4) is 0 Å². The van der Waals surface area contributed by atoms with Crippen molar-refractivity contribution < 1.29 is 30.5 Å². The van der Waals surface area contributed by atoms with Gasteiger partial charge in [0.25, 0.3) is 20.2 Å². The van der Waals surface area contributed by atoms with Crippen LogP contribution in [0.1, 0.15) is 26.3 Å². The van der Waals surface area contributed by atoms with Crippen LogP contribution in [-0.4, -0.2) is 50.6 Å². The maximum absolute atomic E-state index is 12.6. The summed E-state index contributed by atoms with van der Waals surface area (Å²) in [6.45, 7) is 8.03. The summed E-state index contributed by atoms with van der Waals surface area (Å²) < 4.78 is 71.0. The zero-order valence-corrected chi connectivity index (χ0v) is 31.6. The molecule has 0 aliphatic rings. The molecule has 0 radical (unpaired) electrons. The van der Waals surface area contributed by atoms with Gasteiger partial charge in [-0.2, -0.15) is 16.8 Å². The second-order valence-corrected chi connectivity index (χ2v) is 15.7. The molecule has 0 unspecified atom stereocenters. The minimum absolute atomic E-state index is 0.155. The normalized spacial score (nSPS) is 12.0. The molecule has 0 bridgehead atoms. The highest BCUT2D eigenvalue weighted by Gasteiger charge is 2.25. The predicted octanol–water partition coefficient (Wildman–Crippen LogP) is 7.93. The monoisotopic (exact) mass is 762 g/mol. The van der Waals surface area contributed by atoms with Gasteiger partial charge < -0.3 is 15.1 Å². The van der Waals surface area contributed by atoms with Crippen LogP contribution in [0.2, 0.25) is 0 Å². The number of hydrogen-bond donors (Lipinski definition) is 3. The molecule has 0 aliphatic carbocycles. The van der Waals surface area contributed by atoms with E-state index < -0.39 is 20.2 Å². The number of benzene rings is 6. The van der Waals surface area contributed by atoms with E-state index in [4.69, 9.17) is 4.98 Å². The molecule has 54 heavy (non-hydrogen) atoms. The quantitative estimate of drug-likeness (QED) is 0.0486. The first-order valence-corrected chi connectivity index (χ1v) is 20.5. The van der Waals surface area contributed by atoms with E-state index in [1.165, 1.54) is 18.2 Å². The predicted molar refractivity (Wildman–Crippen MR) is 214 cm³/mol. The van der Waals surface area contributed by atoms with Gasteiger partial charge in [0.2, 0.25) is 16.7 Å². The van der Waals surface area contributed by atoms with E-state index >= 15 is 0 Å². The Bertz CT molecular complexity index is 2760. The Morgan fingerprint density at radius 1 is 0.667 bits per heavy atom. The summed E-state index contributed by atoms with van der Waals surface area (Å²) in [5.41, 5.74) is 7.29. The first kappa shape index (κ1) is 36.7. The van der Waals surface area contributed by atoms with Gasteiger partial charge in [-0.1, -0.05) is 54.6 Å². The summed E-state index contributed by atoms with van der Waals surface area (Å²) in [6, 6.07) is 37.2. The van der Waals surface area contributed by atoms with E-state index in [0.29, 0.717) is 43.2 Å². The Balaban J connectivity index is 1.42. The molecule has 0 amide bonds. The number of fused-ring (bicyclic) bond motifs is 4. The van der Waals surface area contributed by atoms with Crippen LogP contribution >= 0.6 is 0 Å². The van der Waals surface area contributed by atoms with Crippen LogP contribution < -0.4 is 19.7 Å². The van der Waals surface area contributed by atoms with Crippen LogP contribution in [0.25, 0.3) is 38.5 Å². The lowest BCUT2D eigenvalue weighted by atomic mass is 10.0. The Kier molecular flexibility index (Phi) is 9.98. The number of aromatic nitrogens is 2. The van der Waals surface area contributed by atoms with Gasteiger partial charge in [-0.15, -0.1) is 4.57 Å². The Morgan fingerprint density at radius 3 is 2.06 bits per heavy atom. The Morgan fingerprint density at radius 2 is 1.37 bits per heavy atom. The molecule has 11 nitrogen and oxygen atoms in total. The third-order valence-electron chi connectivity index (χ3n) is 9.62. The van der Waals surface area contributed by atoms with Crippen molar-refractivity contribution in [2.45, 2.75) is 37.1 Å². The minimum Gasteiger partial charge on any atom is -0.371 e. The van der Waals surface area contributed by atoms with Crippen molar-refractivity contribution in [3.05, 3.63) is 127 Å². The molecule has 0 atom stereocenters.